The third-order valence-corrected chi connectivity index (χ3v) is 9.03. The Labute approximate surface area is 260 Å². The molecule has 5 rings (SSSR count). The maximum atomic E-state index is 12.6. The fourth-order valence-electron chi connectivity index (χ4n) is 6.49. The number of carbonyl (C=O) groups excluding carboxylic acids is 1. The second-order valence-electron chi connectivity index (χ2n) is 12.6. The number of unbranched alkanes of at least 4 members (excludes halogenated alkanes) is 1. The number of phenolic OH excluding ortho intramolecular Hbond substituents is 1. The Morgan fingerprint density at radius 1 is 1.05 bits per heavy atom. The molecular formula is C36H48N4O4. The first-order valence-corrected chi connectivity index (χ1v) is 16.2. The molecule has 1 atom stereocenters. The number of carbonyl (C=O) groups is 1. The summed E-state index contributed by atoms with van der Waals surface area (Å²) < 4.78 is 7.91. The molecule has 0 aliphatic heterocycles. The Kier molecular flexibility index (Phi) is 11.2. The van der Waals surface area contributed by atoms with Crippen LogP contribution in [-0.2, 0) is 24.4 Å². The second-order valence-corrected chi connectivity index (χ2v) is 12.6. The zero-order valence-corrected chi connectivity index (χ0v) is 25.7. The Bertz CT molecular complexity index is 1500. The SMILES string of the molecule is NC(N)c1cccc(Cc2c[nH]c3cn(COc4cc(CCC(=O)C[C@H](O)CCCCC5CCCCC5)ccc4O)cc23)c1. The Morgan fingerprint density at radius 3 is 2.70 bits per heavy atom. The summed E-state index contributed by atoms with van der Waals surface area (Å²) in [7, 11) is 0. The summed E-state index contributed by atoms with van der Waals surface area (Å²) >= 11 is 0. The van der Waals surface area contributed by atoms with Gasteiger partial charge in [0.05, 0.1) is 17.8 Å². The van der Waals surface area contributed by atoms with Crippen LogP contribution in [0.2, 0.25) is 0 Å². The van der Waals surface area contributed by atoms with Gasteiger partial charge in [-0.2, -0.15) is 0 Å². The van der Waals surface area contributed by atoms with Crippen LogP contribution >= 0.6 is 0 Å². The predicted octanol–water partition coefficient (Wildman–Crippen LogP) is 6.61. The van der Waals surface area contributed by atoms with E-state index in [2.05, 4.69) is 11.1 Å². The van der Waals surface area contributed by atoms with E-state index in [1.807, 2.05) is 47.4 Å². The van der Waals surface area contributed by atoms with Gasteiger partial charge < -0.3 is 36.0 Å². The first-order chi connectivity index (χ1) is 21.3. The largest absolute Gasteiger partial charge is 0.504 e. The molecule has 0 unspecified atom stereocenters. The van der Waals surface area contributed by atoms with Gasteiger partial charge in [0.15, 0.2) is 18.2 Å². The van der Waals surface area contributed by atoms with E-state index in [0.717, 1.165) is 58.3 Å². The van der Waals surface area contributed by atoms with Crippen molar-refractivity contribution in [1.29, 1.82) is 0 Å². The number of nitrogens with zero attached hydrogens (tertiary/aromatic N) is 1. The molecule has 1 aliphatic rings. The highest BCUT2D eigenvalue weighted by Gasteiger charge is 2.15. The molecule has 44 heavy (non-hydrogen) atoms. The number of hydrogen-bond donors (Lipinski definition) is 5. The lowest BCUT2D eigenvalue weighted by Crippen LogP contribution is -2.20. The zero-order valence-electron chi connectivity index (χ0n) is 25.7. The number of phenols is 1. The zero-order chi connectivity index (χ0) is 30.9. The molecule has 0 amide bonds. The number of nitrogens with two attached hydrogens (primary N) is 2. The molecule has 236 valence electrons. The molecular weight excluding hydrogens is 552 g/mol. The predicted molar refractivity (Wildman–Crippen MR) is 174 cm³/mol. The van der Waals surface area contributed by atoms with Crippen LogP contribution < -0.4 is 16.2 Å². The summed E-state index contributed by atoms with van der Waals surface area (Å²) in [6, 6.07) is 13.2. The molecule has 1 fully saturated rings. The molecule has 8 nitrogen and oxygen atoms in total. The van der Waals surface area contributed by atoms with Crippen molar-refractivity contribution in [2.75, 3.05) is 0 Å². The van der Waals surface area contributed by atoms with Crippen molar-refractivity contribution < 1.29 is 19.7 Å². The molecule has 1 aliphatic carbocycles. The van der Waals surface area contributed by atoms with Gasteiger partial charge in [-0.3, -0.25) is 4.79 Å². The lowest BCUT2D eigenvalue weighted by atomic mass is 9.85. The molecule has 8 heteroatoms. The van der Waals surface area contributed by atoms with E-state index in [1.54, 1.807) is 12.1 Å². The van der Waals surface area contributed by atoms with Gasteiger partial charge >= 0.3 is 0 Å². The number of Topliss-reactive ketones (excluding diaryl/α,β-unsaturated/α-hetero) is 1. The van der Waals surface area contributed by atoms with Crippen LogP contribution in [0.4, 0.5) is 0 Å². The Morgan fingerprint density at radius 2 is 1.89 bits per heavy atom. The minimum atomic E-state index is -0.560. The Hall–Kier alpha value is -3.59. The highest BCUT2D eigenvalue weighted by atomic mass is 16.5. The number of aromatic nitrogens is 2. The van der Waals surface area contributed by atoms with E-state index < -0.39 is 12.3 Å². The number of fused-ring (bicyclic) bond motifs is 1. The smallest absolute Gasteiger partial charge is 0.165 e. The van der Waals surface area contributed by atoms with Crippen molar-refractivity contribution in [2.45, 2.75) is 102 Å². The summed E-state index contributed by atoms with van der Waals surface area (Å²) in [6.07, 6.45) is 17.7. The summed E-state index contributed by atoms with van der Waals surface area (Å²) in [5.74, 6) is 1.36. The average Bonchev–Trinajstić information content (AvgIpc) is 3.60. The normalized spacial score (nSPS) is 14.8. The molecule has 1 saturated carbocycles. The van der Waals surface area contributed by atoms with Gasteiger partial charge in [-0.05, 0) is 59.6 Å². The van der Waals surface area contributed by atoms with Crippen LogP contribution in [0.25, 0.3) is 10.9 Å². The van der Waals surface area contributed by atoms with Crippen molar-refractivity contribution >= 4 is 16.7 Å². The van der Waals surface area contributed by atoms with Crippen molar-refractivity contribution in [2.24, 2.45) is 17.4 Å². The summed E-state index contributed by atoms with van der Waals surface area (Å²) in [5, 5.41) is 21.9. The number of ketones is 1. The van der Waals surface area contributed by atoms with E-state index in [0.29, 0.717) is 25.0 Å². The van der Waals surface area contributed by atoms with Crippen LogP contribution in [0, 0.1) is 5.92 Å². The molecule has 0 spiro atoms. The minimum Gasteiger partial charge on any atom is -0.504 e. The maximum Gasteiger partial charge on any atom is 0.165 e. The average molecular weight is 601 g/mol. The van der Waals surface area contributed by atoms with Crippen LogP contribution in [0.15, 0.2) is 61.1 Å². The molecule has 0 radical (unpaired) electrons. The van der Waals surface area contributed by atoms with Gasteiger partial charge in [-0.15, -0.1) is 0 Å². The van der Waals surface area contributed by atoms with E-state index >= 15 is 0 Å². The summed E-state index contributed by atoms with van der Waals surface area (Å²) in [5.41, 5.74) is 16.8. The fourth-order valence-corrected chi connectivity index (χ4v) is 6.49. The number of aliphatic hydroxyl groups excluding tert-OH is 1. The van der Waals surface area contributed by atoms with Crippen LogP contribution in [0.5, 0.6) is 11.5 Å². The van der Waals surface area contributed by atoms with E-state index in [4.69, 9.17) is 16.2 Å². The third-order valence-electron chi connectivity index (χ3n) is 9.03. The number of rotatable bonds is 16. The minimum absolute atomic E-state index is 0.0557. The van der Waals surface area contributed by atoms with Crippen molar-refractivity contribution in [3.8, 4) is 11.5 Å². The van der Waals surface area contributed by atoms with Crippen molar-refractivity contribution in [3.63, 3.8) is 0 Å². The molecule has 0 bridgehead atoms. The highest BCUT2D eigenvalue weighted by molar-refractivity contribution is 5.83. The number of aromatic hydroxyl groups is 1. The number of benzene rings is 2. The Balaban J connectivity index is 1.08. The number of aryl methyl sites for hydroxylation is 1. The molecule has 2 heterocycles. The standard InChI is InChI=1S/C36H48N4O4/c37-36(38)28-11-6-10-27(17-28)18-29-21-39-33-23-40(22-32(29)33)24-44-35-19-26(14-16-34(35)43)13-15-31(42)20-30(41)12-5-4-9-25-7-2-1-3-8-25/h6,10-11,14,16-17,19,21-23,25,30,36,39,41,43H,1-5,7-9,12-13,15,18,20,24,37-38H2/t30-/m1/s1. The van der Waals surface area contributed by atoms with Crippen LogP contribution in [-0.4, -0.2) is 31.7 Å². The lowest BCUT2D eigenvalue weighted by molar-refractivity contribution is -0.121. The van der Waals surface area contributed by atoms with Gasteiger partial charge in [0.2, 0.25) is 0 Å². The first kappa shape index (κ1) is 31.8. The topological polar surface area (TPSA) is 140 Å². The van der Waals surface area contributed by atoms with Gasteiger partial charge in [-0.1, -0.05) is 81.7 Å². The van der Waals surface area contributed by atoms with Crippen LogP contribution in [0.1, 0.15) is 99.0 Å². The number of aliphatic hydroxyl groups is 1. The number of H-pyrrole nitrogens is 1. The van der Waals surface area contributed by atoms with Gasteiger partial charge in [0.1, 0.15) is 5.78 Å². The summed E-state index contributed by atoms with van der Waals surface area (Å²) in [4.78, 5) is 15.9. The number of ether oxygens (including phenoxy) is 1. The van der Waals surface area contributed by atoms with Gasteiger partial charge in [-0.25, -0.2) is 0 Å². The van der Waals surface area contributed by atoms with E-state index in [-0.39, 0.29) is 24.7 Å². The third kappa shape index (κ3) is 8.97. The van der Waals surface area contributed by atoms with Crippen molar-refractivity contribution in [1.82, 2.24) is 9.55 Å². The molecule has 2 aromatic heterocycles. The number of aromatic amines is 1. The first-order valence-electron chi connectivity index (χ1n) is 16.2. The van der Waals surface area contributed by atoms with Crippen molar-refractivity contribution in [3.05, 3.63) is 83.3 Å². The molecule has 7 N–H and O–H groups in total. The van der Waals surface area contributed by atoms with Gasteiger partial charge in [0, 0.05) is 36.8 Å². The second kappa shape index (κ2) is 15.4. The van der Waals surface area contributed by atoms with E-state index in [1.165, 1.54) is 38.5 Å². The van der Waals surface area contributed by atoms with Gasteiger partial charge in [0.25, 0.3) is 0 Å². The number of nitrogens with one attached hydrogen (secondary N) is 1. The maximum absolute atomic E-state index is 12.6. The molecule has 2 aromatic carbocycles. The van der Waals surface area contributed by atoms with E-state index in [9.17, 15) is 15.0 Å². The quantitative estimate of drug-likeness (QED) is 0.0724. The summed E-state index contributed by atoms with van der Waals surface area (Å²) in [6.45, 7) is 0.225. The lowest BCUT2D eigenvalue weighted by Gasteiger charge is -2.21. The fraction of sp³-hybridized carbons (Fsp3) is 0.472. The van der Waals surface area contributed by atoms with Crippen LogP contribution in [0.3, 0.4) is 0 Å². The highest BCUT2D eigenvalue weighted by Crippen LogP contribution is 2.30. The molecule has 0 saturated heterocycles. The number of hydrogen-bond acceptors (Lipinski definition) is 6. The molecule has 4 aromatic rings. The monoisotopic (exact) mass is 600 g/mol.